The number of carbonyl (C=O) groups excluding carboxylic acids is 3. The largest absolute Gasteiger partial charge is 0.463 e. The summed E-state index contributed by atoms with van der Waals surface area (Å²) in [5.41, 5.74) is -1.39. The van der Waals surface area contributed by atoms with Crippen molar-refractivity contribution in [3.05, 3.63) is 71.8 Å². The third kappa shape index (κ3) is 4.94. The zero-order valence-corrected chi connectivity index (χ0v) is 15.3. The number of ether oxygens (including phenoxy) is 3. The molecule has 142 valence electrons. The highest BCUT2D eigenvalue weighted by atomic mass is 16.6. The summed E-state index contributed by atoms with van der Waals surface area (Å²) in [7, 11) is 0. The quantitative estimate of drug-likeness (QED) is 0.404. The van der Waals surface area contributed by atoms with Gasteiger partial charge in [-0.1, -0.05) is 48.5 Å². The fourth-order valence-electron chi connectivity index (χ4n) is 2.52. The van der Waals surface area contributed by atoms with Crippen molar-refractivity contribution in [1.29, 1.82) is 0 Å². The topological polar surface area (TPSA) is 78.9 Å². The molecule has 0 atom stereocenters. The average molecular weight is 370 g/mol. The molecule has 27 heavy (non-hydrogen) atoms. The first-order chi connectivity index (χ1) is 13.0. The molecule has 0 fully saturated rings. The molecule has 2 rings (SSSR count). The molecule has 2 aromatic rings. The van der Waals surface area contributed by atoms with E-state index in [0.717, 1.165) is 0 Å². The van der Waals surface area contributed by atoms with Crippen LogP contribution >= 0.6 is 0 Å². The second-order valence-electron chi connectivity index (χ2n) is 5.69. The van der Waals surface area contributed by atoms with E-state index in [1.807, 2.05) is 0 Å². The van der Waals surface area contributed by atoms with Crippen LogP contribution in [0.5, 0.6) is 0 Å². The van der Waals surface area contributed by atoms with Crippen LogP contribution in [-0.4, -0.2) is 36.7 Å². The summed E-state index contributed by atoms with van der Waals surface area (Å²) in [4.78, 5) is 38.1. The lowest BCUT2D eigenvalue weighted by Crippen LogP contribution is -2.54. The maximum absolute atomic E-state index is 12.8. The normalized spacial score (nSPS) is 10.7. The number of rotatable bonds is 8. The fourth-order valence-corrected chi connectivity index (χ4v) is 2.52. The molecule has 0 spiro atoms. The predicted octanol–water partition coefficient (Wildman–Crippen LogP) is 2.95. The number of hydrogen-bond donors (Lipinski definition) is 0. The summed E-state index contributed by atoms with van der Waals surface area (Å²) >= 11 is 0. The van der Waals surface area contributed by atoms with E-state index in [2.05, 4.69) is 0 Å². The first-order valence-electron chi connectivity index (χ1n) is 8.70. The maximum atomic E-state index is 12.8. The summed E-state index contributed by atoms with van der Waals surface area (Å²) in [5.74, 6) is -2.74. The highest BCUT2D eigenvalue weighted by Gasteiger charge is 2.53. The van der Waals surface area contributed by atoms with Gasteiger partial charge < -0.3 is 14.2 Å². The second kappa shape index (κ2) is 9.52. The molecule has 0 aliphatic rings. The molecule has 2 aromatic carbocycles. The van der Waals surface area contributed by atoms with E-state index < -0.39 is 23.5 Å². The van der Waals surface area contributed by atoms with Gasteiger partial charge in [-0.3, -0.25) is 0 Å². The number of hydrogen-bond acceptors (Lipinski definition) is 6. The van der Waals surface area contributed by atoms with Crippen LogP contribution in [0.1, 0.15) is 29.8 Å². The average Bonchev–Trinajstić information content (AvgIpc) is 2.69. The van der Waals surface area contributed by atoms with Crippen molar-refractivity contribution in [2.45, 2.75) is 25.9 Å². The van der Waals surface area contributed by atoms with Crippen LogP contribution in [0.4, 0.5) is 0 Å². The van der Waals surface area contributed by atoms with Crippen LogP contribution in [0, 0.1) is 0 Å². The van der Waals surface area contributed by atoms with Crippen molar-refractivity contribution in [1.82, 2.24) is 0 Å². The summed E-state index contributed by atoms with van der Waals surface area (Å²) in [5, 5.41) is 0. The van der Waals surface area contributed by atoms with Crippen LogP contribution in [0.15, 0.2) is 60.7 Å². The molecule has 0 aliphatic heterocycles. The van der Waals surface area contributed by atoms with Crippen molar-refractivity contribution in [2.24, 2.45) is 0 Å². The molecule has 0 saturated heterocycles. The van der Waals surface area contributed by atoms with Crippen LogP contribution in [-0.2, 0) is 30.2 Å². The Morgan fingerprint density at radius 1 is 0.778 bits per heavy atom. The van der Waals surface area contributed by atoms with Crippen molar-refractivity contribution < 1.29 is 28.6 Å². The fraction of sp³-hybridized carbons (Fsp3) is 0.286. The van der Waals surface area contributed by atoms with E-state index >= 15 is 0 Å². The first-order valence-corrected chi connectivity index (χ1v) is 8.70. The van der Waals surface area contributed by atoms with E-state index in [9.17, 15) is 14.4 Å². The molecule has 6 heteroatoms. The van der Waals surface area contributed by atoms with Crippen LogP contribution in [0.25, 0.3) is 0 Å². The Balaban J connectivity index is 2.46. The smallest absolute Gasteiger partial charge is 0.362 e. The van der Waals surface area contributed by atoms with Gasteiger partial charge in [0.15, 0.2) is 0 Å². The van der Waals surface area contributed by atoms with Crippen LogP contribution in [0.3, 0.4) is 0 Å². The minimum atomic E-state index is -2.22. The van der Waals surface area contributed by atoms with Gasteiger partial charge in [0.25, 0.3) is 0 Å². The minimum Gasteiger partial charge on any atom is -0.463 e. The van der Waals surface area contributed by atoms with E-state index in [4.69, 9.17) is 14.2 Å². The zero-order chi connectivity index (χ0) is 19.7. The number of esters is 3. The van der Waals surface area contributed by atoms with Gasteiger partial charge in [-0.05, 0) is 31.5 Å². The van der Waals surface area contributed by atoms with Gasteiger partial charge in [0, 0.05) is 6.42 Å². The summed E-state index contributed by atoms with van der Waals surface area (Å²) in [6.45, 7) is 3.26. The molecule has 0 aliphatic carbocycles. The molecule has 0 N–H and O–H groups in total. The Labute approximate surface area is 158 Å². The molecule has 0 radical (unpaired) electrons. The minimum absolute atomic E-state index is 0.0255. The van der Waals surface area contributed by atoms with Gasteiger partial charge in [-0.25, -0.2) is 14.4 Å². The van der Waals surface area contributed by atoms with Gasteiger partial charge in [0.1, 0.15) is 0 Å². The standard InChI is InChI=1S/C21H22O6/c1-3-25-19(23)21(20(24)26-4-2,15-16-11-7-5-8-12-16)27-18(22)17-13-9-6-10-14-17/h5-14H,3-4,15H2,1-2H3. The molecule has 0 heterocycles. The number of benzene rings is 2. The third-order valence-corrected chi connectivity index (χ3v) is 3.78. The lowest BCUT2D eigenvalue weighted by atomic mass is 9.93. The van der Waals surface area contributed by atoms with Gasteiger partial charge in [0.2, 0.25) is 0 Å². The summed E-state index contributed by atoms with van der Waals surface area (Å²) in [6.07, 6.45) is -0.190. The molecular formula is C21H22O6. The van der Waals surface area contributed by atoms with Crippen LogP contribution in [0.2, 0.25) is 0 Å². The second-order valence-corrected chi connectivity index (χ2v) is 5.69. The van der Waals surface area contributed by atoms with E-state index in [1.165, 1.54) is 12.1 Å². The SMILES string of the molecule is CCOC(=O)C(Cc1ccccc1)(OC(=O)c1ccccc1)C(=O)OCC. The van der Waals surface area contributed by atoms with Crippen molar-refractivity contribution in [3.63, 3.8) is 0 Å². The third-order valence-electron chi connectivity index (χ3n) is 3.78. The highest BCUT2D eigenvalue weighted by Crippen LogP contribution is 2.24. The van der Waals surface area contributed by atoms with Crippen molar-refractivity contribution >= 4 is 17.9 Å². The molecule has 0 amide bonds. The Morgan fingerprint density at radius 2 is 1.26 bits per heavy atom. The maximum Gasteiger partial charge on any atom is 0.362 e. The summed E-state index contributed by atoms with van der Waals surface area (Å²) < 4.78 is 15.6. The van der Waals surface area contributed by atoms with E-state index in [0.29, 0.717) is 5.56 Å². The molecule has 6 nitrogen and oxygen atoms in total. The van der Waals surface area contributed by atoms with Gasteiger partial charge in [0.05, 0.1) is 18.8 Å². The van der Waals surface area contributed by atoms with Crippen LogP contribution < -0.4 is 0 Å². The van der Waals surface area contributed by atoms with E-state index in [1.54, 1.807) is 62.4 Å². The monoisotopic (exact) mass is 370 g/mol. The first kappa shape index (κ1) is 20.2. The zero-order valence-electron chi connectivity index (χ0n) is 15.3. The number of carbonyl (C=O) groups is 3. The van der Waals surface area contributed by atoms with Gasteiger partial charge in [-0.15, -0.1) is 0 Å². The van der Waals surface area contributed by atoms with Crippen molar-refractivity contribution in [3.8, 4) is 0 Å². The highest BCUT2D eigenvalue weighted by molar-refractivity contribution is 6.07. The Bertz CT molecular complexity index is 752. The predicted molar refractivity (Wildman–Crippen MR) is 98.0 cm³/mol. The molecule has 0 unspecified atom stereocenters. The lowest BCUT2D eigenvalue weighted by Gasteiger charge is -2.29. The van der Waals surface area contributed by atoms with Crippen molar-refractivity contribution in [2.75, 3.05) is 13.2 Å². The Morgan fingerprint density at radius 3 is 1.74 bits per heavy atom. The molecular weight excluding hydrogens is 348 g/mol. The Kier molecular flexibility index (Phi) is 7.11. The van der Waals surface area contributed by atoms with Gasteiger partial charge in [-0.2, -0.15) is 0 Å². The molecule has 0 bridgehead atoms. The lowest BCUT2D eigenvalue weighted by molar-refractivity contribution is -0.183. The van der Waals surface area contributed by atoms with E-state index in [-0.39, 0.29) is 25.2 Å². The Hall–Kier alpha value is -3.15. The molecule has 0 saturated carbocycles. The van der Waals surface area contributed by atoms with Gasteiger partial charge >= 0.3 is 23.5 Å². The summed E-state index contributed by atoms with van der Waals surface area (Å²) in [6, 6.07) is 16.9. The molecule has 0 aromatic heterocycles.